The molecule has 0 fully saturated rings. The Kier molecular flexibility index (Phi) is 3.97. The number of hydrogen-bond acceptors (Lipinski definition) is 3. The summed E-state index contributed by atoms with van der Waals surface area (Å²) in [5.74, 6) is 0.100. The summed E-state index contributed by atoms with van der Waals surface area (Å²) in [5, 5.41) is 3.31. The first-order valence-electron chi connectivity index (χ1n) is 5.20. The molecule has 0 atom stereocenters. The zero-order chi connectivity index (χ0) is 12.3. The summed E-state index contributed by atoms with van der Waals surface area (Å²) >= 11 is 7.45. The van der Waals surface area contributed by atoms with E-state index < -0.39 is 0 Å². The second kappa shape index (κ2) is 5.47. The molecule has 0 aliphatic heterocycles. The van der Waals surface area contributed by atoms with E-state index in [-0.39, 0.29) is 10.8 Å². The van der Waals surface area contributed by atoms with Crippen LogP contribution in [0.4, 0.5) is 4.39 Å². The summed E-state index contributed by atoms with van der Waals surface area (Å²) in [7, 11) is 0. The molecule has 0 bridgehead atoms. The Hall–Kier alpha value is -1.13. The molecule has 0 saturated carbocycles. The minimum atomic E-state index is -0.371. The Labute approximate surface area is 108 Å². The Balaban J connectivity index is 2.02. The quantitative estimate of drug-likeness (QED) is 0.836. The van der Waals surface area contributed by atoms with Crippen LogP contribution in [0, 0.1) is 5.82 Å². The van der Waals surface area contributed by atoms with Crippen molar-refractivity contribution in [3.05, 3.63) is 45.1 Å². The van der Waals surface area contributed by atoms with Crippen molar-refractivity contribution >= 4 is 22.9 Å². The van der Waals surface area contributed by atoms with E-state index in [1.165, 1.54) is 18.2 Å². The van der Waals surface area contributed by atoms with Crippen LogP contribution in [-0.2, 0) is 13.0 Å². The third-order valence-electron chi connectivity index (χ3n) is 2.17. The normalized spacial score (nSPS) is 10.5. The molecular formula is C12H11ClFNOS. The second-order valence-corrected chi connectivity index (χ2v) is 4.80. The van der Waals surface area contributed by atoms with Gasteiger partial charge >= 0.3 is 0 Å². The monoisotopic (exact) mass is 271 g/mol. The summed E-state index contributed by atoms with van der Waals surface area (Å²) < 4.78 is 18.3. The maximum absolute atomic E-state index is 12.8. The van der Waals surface area contributed by atoms with Crippen molar-refractivity contribution in [2.75, 3.05) is 0 Å². The van der Waals surface area contributed by atoms with Gasteiger partial charge in [0.05, 0.1) is 15.7 Å². The van der Waals surface area contributed by atoms with Crippen molar-refractivity contribution in [3.8, 4) is 5.75 Å². The number of nitrogens with zero attached hydrogens (tertiary/aromatic N) is 1. The molecule has 0 spiro atoms. The highest BCUT2D eigenvalue weighted by atomic mass is 35.5. The van der Waals surface area contributed by atoms with Gasteiger partial charge in [-0.15, -0.1) is 11.3 Å². The van der Waals surface area contributed by atoms with E-state index in [1.54, 1.807) is 11.3 Å². The van der Waals surface area contributed by atoms with Gasteiger partial charge in [0.1, 0.15) is 18.2 Å². The number of ether oxygens (including phenoxy) is 1. The SMILES string of the molecule is CCc1nc(COc2ccc(F)cc2Cl)cs1. The largest absolute Gasteiger partial charge is 0.486 e. The van der Waals surface area contributed by atoms with Crippen LogP contribution in [0.3, 0.4) is 0 Å². The van der Waals surface area contributed by atoms with Crippen molar-refractivity contribution < 1.29 is 9.13 Å². The zero-order valence-electron chi connectivity index (χ0n) is 9.24. The van der Waals surface area contributed by atoms with Gasteiger partial charge in [0, 0.05) is 5.38 Å². The highest BCUT2D eigenvalue weighted by molar-refractivity contribution is 7.09. The number of hydrogen-bond donors (Lipinski definition) is 0. The van der Waals surface area contributed by atoms with Crippen LogP contribution in [0.5, 0.6) is 5.75 Å². The molecule has 0 amide bonds. The summed E-state index contributed by atoms with van der Waals surface area (Å²) in [6, 6.07) is 4.07. The number of benzene rings is 1. The van der Waals surface area contributed by atoms with Crippen LogP contribution in [0.15, 0.2) is 23.6 Å². The fourth-order valence-corrected chi connectivity index (χ4v) is 2.27. The van der Waals surface area contributed by atoms with E-state index >= 15 is 0 Å². The van der Waals surface area contributed by atoms with Gasteiger partial charge in [-0.05, 0) is 24.6 Å². The smallest absolute Gasteiger partial charge is 0.138 e. The molecule has 0 radical (unpaired) electrons. The third kappa shape index (κ3) is 3.17. The van der Waals surface area contributed by atoms with Crippen molar-refractivity contribution in [1.29, 1.82) is 0 Å². The zero-order valence-corrected chi connectivity index (χ0v) is 10.8. The van der Waals surface area contributed by atoms with Gasteiger partial charge in [0.2, 0.25) is 0 Å². The van der Waals surface area contributed by atoms with E-state index in [2.05, 4.69) is 11.9 Å². The molecule has 0 unspecified atom stereocenters. The lowest BCUT2D eigenvalue weighted by Gasteiger charge is -2.05. The Morgan fingerprint density at radius 3 is 2.94 bits per heavy atom. The van der Waals surface area contributed by atoms with Gasteiger partial charge in [-0.25, -0.2) is 9.37 Å². The van der Waals surface area contributed by atoms with E-state index in [0.717, 1.165) is 17.1 Å². The van der Waals surface area contributed by atoms with E-state index in [1.807, 2.05) is 5.38 Å². The summed E-state index contributed by atoms with van der Waals surface area (Å²) in [6.45, 7) is 2.40. The van der Waals surface area contributed by atoms with Crippen molar-refractivity contribution in [2.24, 2.45) is 0 Å². The van der Waals surface area contributed by atoms with Crippen LogP contribution < -0.4 is 4.74 Å². The predicted octanol–water partition coefficient (Wildman–Crippen LogP) is 4.08. The lowest BCUT2D eigenvalue weighted by Crippen LogP contribution is -1.96. The summed E-state index contributed by atoms with van der Waals surface area (Å²) in [6.07, 6.45) is 0.919. The van der Waals surface area contributed by atoms with Crippen LogP contribution in [-0.4, -0.2) is 4.98 Å². The lowest BCUT2D eigenvalue weighted by atomic mass is 10.3. The average Bonchev–Trinajstić information content (AvgIpc) is 2.76. The molecule has 1 heterocycles. The molecule has 0 saturated heterocycles. The molecule has 2 rings (SSSR count). The van der Waals surface area contributed by atoms with Crippen LogP contribution in [0.2, 0.25) is 5.02 Å². The van der Waals surface area contributed by atoms with Gasteiger partial charge in [-0.1, -0.05) is 18.5 Å². The first-order valence-corrected chi connectivity index (χ1v) is 6.46. The number of aromatic nitrogens is 1. The van der Waals surface area contributed by atoms with E-state index in [4.69, 9.17) is 16.3 Å². The molecule has 17 heavy (non-hydrogen) atoms. The van der Waals surface area contributed by atoms with Gasteiger partial charge in [0.25, 0.3) is 0 Å². The molecule has 2 nitrogen and oxygen atoms in total. The minimum absolute atomic E-state index is 0.274. The lowest BCUT2D eigenvalue weighted by molar-refractivity contribution is 0.301. The molecule has 90 valence electrons. The van der Waals surface area contributed by atoms with Gasteiger partial charge in [-0.2, -0.15) is 0 Å². The molecule has 0 aliphatic rings. The Bertz CT molecular complexity index is 515. The predicted molar refractivity (Wildman–Crippen MR) is 67.2 cm³/mol. The Morgan fingerprint density at radius 2 is 2.29 bits per heavy atom. The van der Waals surface area contributed by atoms with E-state index in [9.17, 15) is 4.39 Å². The molecule has 1 aromatic heterocycles. The van der Waals surface area contributed by atoms with Crippen molar-refractivity contribution in [2.45, 2.75) is 20.0 Å². The van der Waals surface area contributed by atoms with Crippen LogP contribution in [0.25, 0.3) is 0 Å². The van der Waals surface area contributed by atoms with Crippen molar-refractivity contribution in [1.82, 2.24) is 4.98 Å². The second-order valence-electron chi connectivity index (χ2n) is 3.45. The first-order chi connectivity index (χ1) is 8.19. The average molecular weight is 272 g/mol. The third-order valence-corrected chi connectivity index (χ3v) is 3.51. The number of halogens is 2. The summed E-state index contributed by atoms with van der Waals surface area (Å²) in [4.78, 5) is 4.37. The topological polar surface area (TPSA) is 22.1 Å². The van der Waals surface area contributed by atoms with E-state index in [0.29, 0.717) is 12.4 Å². The highest BCUT2D eigenvalue weighted by Crippen LogP contribution is 2.25. The van der Waals surface area contributed by atoms with Gasteiger partial charge in [0.15, 0.2) is 0 Å². The van der Waals surface area contributed by atoms with Gasteiger partial charge < -0.3 is 4.74 Å². The summed E-state index contributed by atoms with van der Waals surface area (Å²) in [5.41, 5.74) is 0.868. The molecule has 0 N–H and O–H groups in total. The van der Waals surface area contributed by atoms with Crippen molar-refractivity contribution in [3.63, 3.8) is 0 Å². The minimum Gasteiger partial charge on any atom is -0.486 e. The molecule has 5 heteroatoms. The van der Waals surface area contributed by atoms with Gasteiger partial charge in [-0.3, -0.25) is 0 Å². The Morgan fingerprint density at radius 1 is 1.47 bits per heavy atom. The van der Waals surface area contributed by atoms with Crippen LogP contribution >= 0.6 is 22.9 Å². The molecule has 2 aromatic rings. The number of aryl methyl sites for hydroxylation is 1. The molecule has 0 aliphatic carbocycles. The number of rotatable bonds is 4. The standard InChI is InChI=1S/C12H11ClFNOS/c1-2-12-15-9(7-17-12)6-16-11-4-3-8(14)5-10(11)13/h3-5,7H,2,6H2,1H3. The van der Waals surface area contributed by atoms with Crippen LogP contribution in [0.1, 0.15) is 17.6 Å². The fourth-order valence-electron chi connectivity index (χ4n) is 1.32. The fraction of sp³-hybridized carbons (Fsp3) is 0.250. The maximum atomic E-state index is 12.8. The molecular weight excluding hydrogens is 261 g/mol. The molecule has 1 aromatic carbocycles. The maximum Gasteiger partial charge on any atom is 0.138 e. The number of thiazole rings is 1. The highest BCUT2D eigenvalue weighted by Gasteiger charge is 2.05. The first kappa shape index (κ1) is 12.3.